The first-order valence-electron chi connectivity index (χ1n) is 15.0. The van der Waals surface area contributed by atoms with Gasteiger partial charge in [0.15, 0.2) is 0 Å². The maximum atomic E-state index is 14.2. The Hall–Kier alpha value is -2.97. The zero-order valence-corrected chi connectivity index (χ0v) is 23.2. The fourth-order valence-corrected chi connectivity index (χ4v) is 7.39. The normalized spacial score (nSPS) is 25.6. The van der Waals surface area contributed by atoms with E-state index in [0.717, 1.165) is 76.1 Å². The largest absolute Gasteiger partial charge is 0.480 e. The molecule has 8 heteroatoms. The van der Waals surface area contributed by atoms with Crippen molar-refractivity contribution in [2.75, 3.05) is 44.6 Å². The van der Waals surface area contributed by atoms with Crippen LogP contribution in [0.15, 0.2) is 48.5 Å². The molecule has 0 radical (unpaired) electrons. The van der Waals surface area contributed by atoms with E-state index in [1.165, 1.54) is 18.1 Å². The highest BCUT2D eigenvalue weighted by Gasteiger charge is 2.42. The second-order valence-corrected chi connectivity index (χ2v) is 12.3. The van der Waals surface area contributed by atoms with Crippen molar-refractivity contribution >= 4 is 17.7 Å². The molecule has 7 nitrogen and oxygen atoms in total. The van der Waals surface area contributed by atoms with Gasteiger partial charge >= 0.3 is 12.0 Å². The molecule has 40 heavy (non-hydrogen) atoms. The first kappa shape index (κ1) is 27.2. The lowest BCUT2D eigenvalue weighted by Gasteiger charge is -2.39. The quantitative estimate of drug-likeness (QED) is 0.484. The maximum Gasteiger partial charge on any atom is 0.322 e. The molecule has 2 saturated heterocycles. The van der Waals surface area contributed by atoms with Gasteiger partial charge in [0.2, 0.25) is 0 Å². The predicted octanol–water partition coefficient (Wildman–Crippen LogP) is 5.04. The first-order valence-corrected chi connectivity index (χ1v) is 15.0. The average molecular weight is 549 g/mol. The molecule has 214 valence electrons. The van der Waals surface area contributed by atoms with Crippen LogP contribution in [-0.4, -0.2) is 83.2 Å². The van der Waals surface area contributed by atoms with Crippen molar-refractivity contribution < 1.29 is 19.1 Å². The first-order chi connectivity index (χ1) is 19.4. The van der Waals surface area contributed by atoms with Crippen LogP contribution < -0.4 is 5.32 Å². The highest BCUT2D eigenvalue weighted by Crippen LogP contribution is 2.38. The van der Waals surface area contributed by atoms with E-state index in [1.807, 2.05) is 29.2 Å². The number of likely N-dealkylation sites (tertiary alicyclic amines) is 2. The Kier molecular flexibility index (Phi) is 8.08. The lowest BCUT2D eigenvalue weighted by molar-refractivity contribution is -0.144. The van der Waals surface area contributed by atoms with Crippen LogP contribution in [0.3, 0.4) is 0 Å². The average Bonchev–Trinajstić information content (AvgIpc) is 3.24. The predicted molar refractivity (Wildman–Crippen MR) is 153 cm³/mol. The highest BCUT2D eigenvalue weighted by molar-refractivity contribution is 5.91. The van der Waals surface area contributed by atoms with E-state index >= 15 is 0 Å². The molecular formula is C32H41FN4O3. The van der Waals surface area contributed by atoms with Gasteiger partial charge in [-0.3, -0.25) is 9.69 Å². The molecule has 3 atom stereocenters. The van der Waals surface area contributed by atoms with Crippen molar-refractivity contribution in [1.29, 1.82) is 0 Å². The molecule has 4 aliphatic rings. The summed E-state index contributed by atoms with van der Waals surface area (Å²) in [6, 6.07) is 14.6. The minimum atomic E-state index is -0.732. The van der Waals surface area contributed by atoms with E-state index in [1.54, 1.807) is 12.1 Å². The number of hydrogen-bond acceptors (Lipinski definition) is 4. The standard InChI is InChI=1S/C32H41FN4O3/c33-26-9-4-8-24(18-26)28-21-36(30(31(38)39)17-22-5-3-6-22)20-25(28)19-35-14-12-27(13-15-35)37-16-11-23-7-1-2-10-29(23)34-32(37)40/h1-2,4,7-10,18,22,25,27-28,30H,3,5-6,11-17,19-21H2,(H,34,40)(H,38,39)/t25-,28?,30+/m0/s1. The number of carbonyl (C=O) groups is 2. The maximum absolute atomic E-state index is 14.2. The van der Waals surface area contributed by atoms with Crippen LogP contribution in [0.25, 0.3) is 0 Å². The van der Waals surface area contributed by atoms with Crippen LogP contribution in [0.2, 0.25) is 0 Å². The summed E-state index contributed by atoms with van der Waals surface area (Å²) in [6.07, 6.45) is 6.87. The molecule has 3 aliphatic heterocycles. The van der Waals surface area contributed by atoms with E-state index < -0.39 is 12.0 Å². The highest BCUT2D eigenvalue weighted by atomic mass is 19.1. The molecule has 2 N–H and O–H groups in total. The molecule has 2 aromatic carbocycles. The number of halogens is 1. The summed E-state index contributed by atoms with van der Waals surface area (Å²) in [7, 11) is 0. The van der Waals surface area contributed by atoms with E-state index in [0.29, 0.717) is 18.9 Å². The third-order valence-corrected chi connectivity index (χ3v) is 9.89. The molecule has 0 bridgehead atoms. The van der Waals surface area contributed by atoms with Crippen LogP contribution in [0.1, 0.15) is 55.6 Å². The van der Waals surface area contributed by atoms with E-state index in [9.17, 15) is 19.1 Å². The van der Waals surface area contributed by atoms with Crippen molar-refractivity contribution in [1.82, 2.24) is 14.7 Å². The number of aliphatic carboxylic acids is 1. The Morgan fingerprint density at radius 3 is 2.55 bits per heavy atom. The van der Waals surface area contributed by atoms with E-state index in [2.05, 4.69) is 21.2 Å². The fraction of sp³-hybridized carbons (Fsp3) is 0.562. The number of urea groups is 1. The lowest BCUT2D eigenvalue weighted by Crippen LogP contribution is -2.49. The Balaban J connectivity index is 1.11. The van der Waals surface area contributed by atoms with Gasteiger partial charge in [0.25, 0.3) is 0 Å². The van der Waals surface area contributed by atoms with Gasteiger partial charge in [-0.1, -0.05) is 49.6 Å². The number of carbonyl (C=O) groups excluding carboxylic acids is 1. The third-order valence-electron chi connectivity index (χ3n) is 9.89. The zero-order chi connectivity index (χ0) is 27.6. The molecule has 2 amide bonds. The molecule has 0 spiro atoms. The molecule has 1 aliphatic carbocycles. The van der Waals surface area contributed by atoms with Gasteiger partial charge in [0, 0.05) is 56.9 Å². The molecule has 2 aromatic rings. The SMILES string of the molecule is O=C(O)[C@@H](CC1CCC1)N1CC(c2cccc(F)c2)[C@@H](CN2CCC(N3CCc4ccccc4NC3=O)CC2)C1. The van der Waals surface area contributed by atoms with Gasteiger partial charge in [0.1, 0.15) is 11.9 Å². The molecule has 6 rings (SSSR count). The summed E-state index contributed by atoms with van der Waals surface area (Å²) >= 11 is 0. The number of rotatable bonds is 8. The van der Waals surface area contributed by atoms with Gasteiger partial charge in [-0.25, -0.2) is 9.18 Å². The van der Waals surface area contributed by atoms with Gasteiger partial charge in [-0.2, -0.15) is 0 Å². The number of anilines is 1. The number of benzene rings is 2. The minimum Gasteiger partial charge on any atom is -0.480 e. The number of para-hydroxylation sites is 1. The van der Waals surface area contributed by atoms with Crippen LogP contribution >= 0.6 is 0 Å². The minimum absolute atomic E-state index is 0.00724. The summed E-state index contributed by atoms with van der Waals surface area (Å²) < 4.78 is 14.2. The Labute approximate surface area is 236 Å². The van der Waals surface area contributed by atoms with Crippen LogP contribution in [0, 0.1) is 17.7 Å². The summed E-state index contributed by atoms with van der Waals surface area (Å²) in [5, 5.41) is 13.2. The van der Waals surface area contributed by atoms with Crippen LogP contribution in [0.5, 0.6) is 0 Å². The van der Waals surface area contributed by atoms with Crippen LogP contribution in [0.4, 0.5) is 14.9 Å². The monoisotopic (exact) mass is 548 g/mol. The van der Waals surface area contributed by atoms with Crippen molar-refractivity contribution in [2.45, 2.75) is 62.9 Å². The number of amides is 2. The van der Waals surface area contributed by atoms with E-state index in [-0.39, 0.29) is 29.7 Å². The van der Waals surface area contributed by atoms with Crippen LogP contribution in [-0.2, 0) is 11.2 Å². The summed E-state index contributed by atoms with van der Waals surface area (Å²) in [5.41, 5.74) is 3.07. The van der Waals surface area contributed by atoms with Crippen molar-refractivity contribution in [3.8, 4) is 0 Å². The topological polar surface area (TPSA) is 76.1 Å². The Morgan fingerprint density at radius 1 is 1.02 bits per heavy atom. The Morgan fingerprint density at radius 2 is 1.82 bits per heavy atom. The van der Waals surface area contributed by atoms with Gasteiger partial charge in [0.05, 0.1) is 0 Å². The molecule has 1 unspecified atom stereocenters. The summed E-state index contributed by atoms with van der Waals surface area (Å²) in [5.74, 6) is -0.123. The number of nitrogens with zero attached hydrogens (tertiary/aromatic N) is 3. The van der Waals surface area contributed by atoms with Gasteiger partial charge in [-0.05, 0) is 66.8 Å². The summed E-state index contributed by atoms with van der Waals surface area (Å²) in [4.78, 5) is 32.0. The number of piperidine rings is 1. The second kappa shape index (κ2) is 11.9. The number of nitrogens with one attached hydrogen (secondary N) is 1. The fourth-order valence-electron chi connectivity index (χ4n) is 7.39. The van der Waals surface area contributed by atoms with Crippen molar-refractivity contribution in [3.63, 3.8) is 0 Å². The number of hydrogen-bond donors (Lipinski definition) is 2. The Bertz CT molecular complexity index is 1210. The zero-order valence-electron chi connectivity index (χ0n) is 23.2. The number of carboxylic acid groups (broad SMARTS) is 1. The second-order valence-electron chi connectivity index (χ2n) is 12.3. The molecule has 3 fully saturated rings. The van der Waals surface area contributed by atoms with Crippen molar-refractivity contribution in [2.24, 2.45) is 11.8 Å². The molecule has 3 heterocycles. The molecular weight excluding hydrogens is 507 g/mol. The van der Waals surface area contributed by atoms with Gasteiger partial charge in [-0.15, -0.1) is 0 Å². The lowest BCUT2D eigenvalue weighted by atomic mass is 9.80. The summed E-state index contributed by atoms with van der Waals surface area (Å²) in [6.45, 7) is 4.76. The third kappa shape index (κ3) is 5.88. The molecule has 0 aromatic heterocycles. The van der Waals surface area contributed by atoms with Gasteiger partial charge < -0.3 is 20.2 Å². The van der Waals surface area contributed by atoms with Crippen molar-refractivity contribution in [3.05, 3.63) is 65.5 Å². The van der Waals surface area contributed by atoms with E-state index in [4.69, 9.17) is 0 Å². The molecule has 1 saturated carbocycles. The number of fused-ring (bicyclic) bond motifs is 1. The smallest absolute Gasteiger partial charge is 0.322 e. The number of carboxylic acids is 1.